The minimum absolute atomic E-state index is 0.0646. The molecule has 3 heterocycles. The molecule has 0 unspecified atom stereocenters. The zero-order chi connectivity index (χ0) is 22.1. The first-order chi connectivity index (χ1) is 15.6. The summed E-state index contributed by atoms with van der Waals surface area (Å²) in [5.41, 5.74) is 2.62. The Kier molecular flexibility index (Phi) is 5.63. The maximum Gasteiger partial charge on any atom is 0.329 e. The van der Waals surface area contributed by atoms with Crippen LogP contribution in [0.2, 0.25) is 0 Å². The first-order valence-electron chi connectivity index (χ1n) is 11.0. The Balaban J connectivity index is 1.48. The molecule has 4 aromatic rings. The number of nitrogens with zero attached hydrogens (tertiary/aromatic N) is 6. The van der Waals surface area contributed by atoms with Crippen LogP contribution < -0.4 is 10.6 Å². The number of aromatic nitrogens is 4. The standard InChI is InChI=1S/C24H28N6O2/c1-27(11-12-29-13-15-32-16-14-29)23-18-7-3-4-8-19(18)25-22(26-23)17-30-21-10-6-5-9-20(21)28(2)24(30)31/h3-10H,11-17H2,1-2H3. The van der Waals surface area contributed by atoms with Crippen molar-refractivity contribution in [2.75, 3.05) is 51.3 Å². The molecule has 8 nitrogen and oxygen atoms in total. The van der Waals surface area contributed by atoms with E-state index in [1.807, 2.05) is 42.5 Å². The van der Waals surface area contributed by atoms with Crippen LogP contribution in [-0.2, 0) is 18.3 Å². The van der Waals surface area contributed by atoms with Gasteiger partial charge >= 0.3 is 5.69 Å². The van der Waals surface area contributed by atoms with Gasteiger partial charge in [-0.1, -0.05) is 24.3 Å². The van der Waals surface area contributed by atoms with Gasteiger partial charge in [0, 0.05) is 45.7 Å². The Morgan fingerprint density at radius 2 is 1.72 bits per heavy atom. The third-order valence-corrected chi connectivity index (χ3v) is 6.20. The van der Waals surface area contributed by atoms with Crippen molar-refractivity contribution in [2.24, 2.45) is 7.05 Å². The van der Waals surface area contributed by atoms with Gasteiger partial charge in [-0.05, 0) is 24.3 Å². The van der Waals surface area contributed by atoms with Crippen LogP contribution in [-0.4, -0.2) is 70.4 Å². The molecule has 0 radical (unpaired) electrons. The van der Waals surface area contributed by atoms with Gasteiger partial charge in [-0.2, -0.15) is 0 Å². The zero-order valence-electron chi connectivity index (χ0n) is 18.6. The average Bonchev–Trinajstić information content (AvgIpc) is 3.07. The van der Waals surface area contributed by atoms with Crippen molar-refractivity contribution in [1.82, 2.24) is 24.0 Å². The summed E-state index contributed by atoms with van der Waals surface area (Å²) in [6, 6.07) is 15.9. The molecule has 1 saturated heterocycles. The number of hydrogen-bond acceptors (Lipinski definition) is 6. The molecule has 0 saturated carbocycles. The SMILES string of the molecule is CN(CCN1CCOCC1)c1nc(Cn2c(=O)n(C)c3ccccc32)nc2ccccc12. The van der Waals surface area contributed by atoms with Crippen LogP contribution in [0.3, 0.4) is 0 Å². The summed E-state index contributed by atoms with van der Waals surface area (Å²) in [4.78, 5) is 27.2. The number of hydrogen-bond donors (Lipinski definition) is 0. The molecule has 1 aliphatic heterocycles. The third kappa shape index (κ3) is 3.87. The number of likely N-dealkylation sites (N-methyl/N-ethyl adjacent to an activating group) is 1. The van der Waals surface area contributed by atoms with E-state index < -0.39 is 0 Å². The third-order valence-electron chi connectivity index (χ3n) is 6.20. The van der Waals surface area contributed by atoms with Gasteiger partial charge in [-0.15, -0.1) is 0 Å². The Morgan fingerprint density at radius 3 is 2.53 bits per heavy atom. The average molecular weight is 433 g/mol. The fourth-order valence-electron chi connectivity index (χ4n) is 4.35. The minimum atomic E-state index is -0.0646. The summed E-state index contributed by atoms with van der Waals surface area (Å²) in [6.07, 6.45) is 0. The molecule has 32 heavy (non-hydrogen) atoms. The maximum atomic E-state index is 12.9. The van der Waals surface area contributed by atoms with Crippen molar-refractivity contribution in [3.05, 3.63) is 64.8 Å². The molecule has 0 amide bonds. The van der Waals surface area contributed by atoms with E-state index in [0.717, 1.165) is 67.1 Å². The monoisotopic (exact) mass is 432 g/mol. The molecule has 5 rings (SSSR count). The number of aryl methyl sites for hydroxylation is 1. The molecule has 2 aromatic heterocycles. The van der Waals surface area contributed by atoms with E-state index in [1.54, 1.807) is 16.2 Å². The molecule has 8 heteroatoms. The van der Waals surface area contributed by atoms with E-state index in [1.165, 1.54) is 0 Å². The van der Waals surface area contributed by atoms with Crippen molar-refractivity contribution in [1.29, 1.82) is 0 Å². The molecule has 0 N–H and O–H groups in total. The van der Waals surface area contributed by atoms with Crippen LogP contribution in [0.5, 0.6) is 0 Å². The molecular formula is C24H28N6O2. The Labute approximate surface area is 186 Å². The van der Waals surface area contributed by atoms with Gasteiger partial charge in [0.25, 0.3) is 0 Å². The Bertz CT molecular complexity index is 1310. The summed E-state index contributed by atoms with van der Waals surface area (Å²) in [5.74, 6) is 1.53. The van der Waals surface area contributed by atoms with Crippen LogP contribution in [0.25, 0.3) is 21.9 Å². The predicted octanol–water partition coefficient (Wildman–Crippen LogP) is 2.10. The number of fused-ring (bicyclic) bond motifs is 2. The predicted molar refractivity (Wildman–Crippen MR) is 126 cm³/mol. The van der Waals surface area contributed by atoms with E-state index in [9.17, 15) is 4.79 Å². The van der Waals surface area contributed by atoms with Crippen LogP contribution in [0.15, 0.2) is 53.3 Å². The first-order valence-corrected chi connectivity index (χ1v) is 11.0. The van der Waals surface area contributed by atoms with Crippen LogP contribution in [0.4, 0.5) is 5.82 Å². The summed E-state index contributed by atoms with van der Waals surface area (Å²) in [5, 5.41) is 1.02. The zero-order valence-corrected chi connectivity index (χ0v) is 18.6. The number of rotatable bonds is 6. The van der Waals surface area contributed by atoms with Gasteiger partial charge in [0.1, 0.15) is 5.82 Å². The van der Waals surface area contributed by atoms with Crippen molar-refractivity contribution in [2.45, 2.75) is 6.54 Å². The lowest BCUT2D eigenvalue weighted by atomic mass is 10.2. The van der Waals surface area contributed by atoms with Crippen molar-refractivity contribution < 1.29 is 4.74 Å². The van der Waals surface area contributed by atoms with E-state index in [2.05, 4.69) is 22.9 Å². The molecule has 0 atom stereocenters. The molecule has 1 aliphatic rings. The van der Waals surface area contributed by atoms with Gasteiger partial charge in [0.2, 0.25) is 0 Å². The lowest BCUT2D eigenvalue weighted by Crippen LogP contribution is -2.41. The van der Waals surface area contributed by atoms with Crippen molar-refractivity contribution in [3.8, 4) is 0 Å². The van der Waals surface area contributed by atoms with Gasteiger partial charge in [-0.3, -0.25) is 14.0 Å². The minimum Gasteiger partial charge on any atom is -0.379 e. The highest BCUT2D eigenvalue weighted by Gasteiger charge is 2.17. The molecule has 2 aromatic carbocycles. The lowest BCUT2D eigenvalue weighted by molar-refractivity contribution is 0.0393. The largest absolute Gasteiger partial charge is 0.379 e. The maximum absolute atomic E-state index is 12.9. The van der Waals surface area contributed by atoms with E-state index in [0.29, 0.717) is 12.4 Å². The molecular weight excluding hydrogens is 404 g/mol. The topological polar surface area (TPSA) is 68.4 Å². The molecule has 0 bridgehead atoms. The summed E-state index contributed by atoms with van der Waals surface area (Å²) in [7, 11) is 3.87. The fourth-order valence-corrected chi connectivity index (χ4v) is 4.35. The van der Waals surface area contributed by atoms with Gasteiger partial charge in [-0.25, -0.2) is 14.8 Å². The molecule has 0 spiro atoms. The molecule has 0 aliphatic carbocycles. The normalized spacial score (nSPS) is 14.9. The number of morpholine rings is 1. The second-order valence-electron chi connectivity index (χ2n) is 8.27. The fraction of sp³-hybridized carbons (Fsp3) is 0.375. The quantitative estimate of drug-likeness (QED) is 0.465. The summed E-state index contributed by atoms with van der Waals surface area (Å²) >= 11 is 0. The second-order valence-corrected chi connectivity index (χ2v) is 8.27. The van der Waals surface area contributed by atoms with Crippen LogP contribution in [0.1, 0.15) is 5.82 Å². The van der Waals surface area contributed by atoms with Gasteiger partial charge < -0.3 is 9.64 Å². The van der Waals surface area contributed by atoms with Crippen molar-refractivity contribution >= 4 is 27.8 Å². The van der Waals surface area contributed by atoms with Gasteiger partial charge in [0.15, 0.2) is 5.82 Å². The van der Waals surface area contributed by atoms with Crippen molar-refractivity contribution in [3.63, 3.8) is 0 Å². The van der Waals surface area contributed by atoms with E-state index >= 15 is 0 Å². The number of ether oxygens (including phenoxy) is 1. The van der Waals surface area contributed by atoms with Gasteiger partial charge in [0.05, 0.1) is 36.3 Å². The number of anilines is 1. The highest BCUT2D eigenvalue weighted by atomic mass is 16.5. The van der Waals surface area contributed by atoms with E-state index in [4.69, 9.17) is 14.7 Å². The first kappa shape index (κ1) is 20.7. The Hall–Kier alpha value is -3.23. The number of imidazole rings is 1. The summed E-state index contributed by atoms with van der Waals surface area (Å²) in [6.45, 7) is 5.66. The Morgan fingerprint density at radius 1 is 1.00 bits per heavy atom. The van der Waals surface area contributed by atoms with E-state index in [-0.39, 0.29) is 5.69 Å². The van der Waals surface area contributed by atoms with Crippen LogP contribution in [0, 0.1) is 0 Å². The number of benzene rings is 2. The second kappa shape index (κ2) is 8.72. The van der Waals surface area contributed by atoms with Crippen LogP contribution >= 0.6 is 0 Å². The molecule has 1 fully saturated rings. The smallest absolute Gasteiger partial charge is 0.329 e. The summed E-state index contributed by atoms with van der Waals surface area (Å²) < 4.78 is 8.88. The number of para-hydroxylation sites is 3. The molecule has 166 valence electrons. The lowest BCUT2D eigenvalue weighted by Gasteiger charge is -2.29. The highest BCUT2D eigenvalue weighted by Crippen LogP contribution is 2.24. The highest BCUT2D eigenvalue weighted by molar-refractivity contribution is 5.89.